The van der Waals surface area contributed by atoms with Gasteiger partial charge in [-0.15, -0.1) is 0 Å². The molecule has 0 radical (unpaired) electrons. The lowest BCUT2D eigenvalue weighted by Gasteiger charge is -2.21. The van der Waals surface area contributed by atoms with E-state index in [1.54, 1.807) is 4.57 Å². The monoisotopic (exact) mass is 480 g/mol. The smallest absolute Gasteiger partial charge is 0.261 e. The molecule has 1 amide bonds. The van der Waals surface area contributed by atoms with E-state index in [-0.39, 0.29) is 11.5 Å². The summed E-state index contributed by atoms with van der Waals surface area (Å²) < 4.78 is 5.86. The van der Waals surface area contributed by atoms with Crippen LogP contribution in [0.2, 0.25) is 0 Å². The molecule has 0 atom stereocenters. The lowest BCUT2D eigenvalue weighted by molar-refractivity contribution is -0.121. The molecular formula is C28H28N6O2. The largest absolute Gasteiger partial charge is 0.354 e. The van der Waals surface area contributed by atoms with Crippen LogP contribution in [0.4, 0.5) is 0 Å². The maximum absolute atomic E-state index is 13.3. The third kappa shape index (κ3) is 3.69. The van der Waals surface area contributed by atoms with E-state index in [4.69, 9.17) is 4.98 Å². The van der Waals surface area contributed by atoms with Gasteiger partial charge in [0.1, 0.15) is 0 Å². The maximum atomic E-state index is 13.3. The Morgan fingerprint density at radius 3 is 2.61 bits per heavy atom. The molecule has 6 rings (SSSR count). The van der Waals surface area contributed by atoms with Crippen molar-refractivity contribution in [3.05, 3.63) is 81.9 Å². The molecule has 0 fully saturated rings. The van der Waals surface area contributed by atoms with Gasteiger partial charge in [0.25, 0.3) is 5.56 Å². The van der Waals surface area contributed by atoms with Crippen molar-refractivity contribution in [2.24, 2.45) is 0 Å². The number of carbonyl (C=O) groups excluding carboxylic acids is 1. The van der Waals surface area contributed by atoms with Gasteiger partial charge in [0.2, 0.25) is 5.91 Å². The highest BCUT2D eigenvalue weighted by atomic mass is 16.1. The highest BCUT2D eigenvalue weighted by molar-refractivity contribution is 5.92. The van der Waals surface area contributed by atoms with Crippen LogP contribution < -0.4 is 10.9 Å². The second kappa shape index (κ2) is 8.78. The molecule has 0 unspecified atom stereocenters. The summed E-state index contributed by atoms with van der Waals surface area (Å²) in [4.78, 5) is 31.0. The Hall–Kier alpha value is -4.20. The zero-order chi connectivity index (χ0) is 24.8. The van der Waals surface area contributed by atoms with Gasteiger partial charge in [-0.2, -0.15) is 5.10 Å². The first kappa shape index (κ1) is 22.3. The molecule has 0 saturated carbocycles. The van der Waals surface area contributed by atoms with Gasteiger partial charge in [-0.25, -0.2) is 4.98 Å². The molecule has 0 bridgehead atoms. The number of nitrogens with zero attached hydrogens (tertiary/aromatic N) is 5. The van der Waals surface area contributed by atoms with Crippen LogP contribution >= 0.6 is 0 Å². The third-order valence-electron chi connectivity index (χ3n) is 7.05. The first-order valence-electron chi connectivity index (χ1n) is 12.4. The van der Waals surface area contributed by atoms with Gasteiger partial charge in [0.05, 0.1) is 28.8 Å². The van der Waals surface area contributed by atoms with E-state index in [0.29, 0.717) is 49.3 Å². The van der Waals surface area contributed by atoms with E-state index in [1.807, 2.05) is 61.0 Å². The number of hydrogen-bond donors (Lipinski definition) is 1. The van der Waals surface area contributed by atoms with Gasteiger partial charge in [-0.3, -0.25) is 18.8 Å². The average molecular weight is 481 g/mol. The van der Waals surface area contributed by atoms with Crippen molar-refractivity contribution in [1.29, 1.82) is 0 Å². The Bertz CT molecular complexity index is 1690. The van der Waals surface area contributed by atoms with Gasteiger partial charge in [-0.05, 0) is 50.1 Å². The topological polar surface area (TPSA) is 86.7 Å². The fraction of sp³-hybridized carbons (Fsp3) is 0.286. The Morgan fingerprint density at radius 2 is 1.81 bits per heavy atom. The van der Waals surface area contributed by atoms with Crippen molar-refractivity contribution in [2.45, 2.75) is 46.3 Å². The summed E-state index contributed by atoms with van der Waals surface area (Å²) in [6, 6.07) is 17.8. The molecule has 1 aliphatic heterocycles. The van der Waals surface area contributed by atoms with Crippen molar-refractivity contribution in [3.63, 3.8) is 0 Å². The van der Waals surface area contributed by atoms with Gasteiger partial charge in [0, 0.05) is 42.7 Å². The Kier molecular flexibility index (Phi) is 5.44. The summed E-state index contributed by atoms with van der Waals surface area (Å²) in [7, 11) is 0. The molecule has 3 aromatic heterocycles. The number of aryl methyl sites for hydroxylation is 4. The molecule has 8 heteroatoms. The number of para-hydroxylation sites is 2. The van der Waals surface area contributed by atoms with E-state index in [9.17, 15) is 9.59 Å². The van der Waals surface area contributed by atoms with Crippen molar-refractivity contribution in [1.82, 2.24) is 29.2 Å². The Balaban J connectivity index is 1.31. The van der Waals surface area contributed by atoms with Crippen molar-refractivity contribution < 1.29 is 4.79 Å². The molecular weight excluding hydrogens is 452 g/mol. The minimum Gasteiger partial charge on any atom is -0.354 e. The van der Waals surface area contributed by atoms with Crippen LogP contribution in [0.1, 0.15) is 23.4 Å². The Labute approximate surface area is 208 Å². The van der Waals surface area contributed by atoms with Gasteiger partial charge < -0.3 is 9.88 Å². The number of fused-ring (bicyclic) bond motifs is 6. The Morgan fingerprint density at radius 1 is 1.03 bits per heavy atom. The lowest BCUT2D eigenvalue weighted by Crippen LogP contribution is -2.29. The van der Waals surface area contributed by atoms with Crippen LogP contribution in [-0.2, 0) is 30.8 Å². The number of rotatable bonds is 6. The fourth-order valence-electron chi connectivity index (χ4n) is 5.40. The summed E-state index contributed by atoms with van der Waals surface area (Å²) in [6.07, 6.45) is 1.09. The maximum Gasteiger partial charge on any atom is 0.261 e. The van der Waals surface area contributed by atoms with E-state index in [2.05, 4.69) is 27.1 Å². The average Bonchev–Trinajstić information content (AvgIpc) is 3.38. The second-order valence-corrected chi connectivity index (χ2v) is 9.41. The van der Waals surface area contributed by atoms with Crippen molar-refractivity contribution in [2.75, 3.05) is 6.54 Å². The van der Waals surface area contributed by atoms with E-state index in [1.165, 1.54) is 5.56 Å². The number of nitrogens with one attached hydrogen (secondary N) is 1. The van der Waals surface area contributed by atoms with Crippen LogP contribution in [0.3, 0.4) is 0 Å². The minimum absolute atomic E-state index is 0.0114. The molecule has 1 N–H and O–H groups in total. The van der Waals surface area contributed by atoms with E-state index in [0.717, 1.165) is 34.4 Å². The number of benzene rings is 2. The fourth-order valence-corrected chi connectivity index (χ4v) is 5.40. The summed E-state index contributed by atoms with van der Waals surface area (Å²) in [6.45, 7) is 6.25. The number of amides is 1. The number of aromatic nitrogens is 5. The summed E-state index contributed by atoms with van der Waals surface area (Å²) >= 11 is 0. The van der Waals surface area contributed by atoms with Crippen molar-refractivity contribution >= 4 is 27.7 Å². The minimum atomic E-state index is -0.0139. The molecule has 8 nitrogen and oxygen atoms in total. The first-order valence-corrected chi connectivity index (χ1v) is 12.4. The number of carbonyl (C=O) groups is 1. The molecule has 4 heterocycles. The highest BCUT2D eigenvalue weighted by Gasteiger charge is 2.27. The molecule has 0 saturated heterocycles. The van der Waals surface area contributed by atoms with E-state index >= 15 is 0 Å². The molecule has 36 heavy (non-hydrogen) atoms. The molecule has 1 aliphatic rings. The van der Waals surface area contributed by atoms with Gasteiger partial charge >= 0.3 is 0 Å². The van der Waals surface area contributed by atoms with Crippen LogP contribution in [0.25, 0.3) is 33.3 Å². The van der Waals surface area contributed by atoms with E-state index < -0.39 is 0 Å². The van der Waals surface area contributed by atoms with Crippen LogP contribution in [-0.4, -0.2) is 36.4 Å². The standard InChI is InChI=1S/C28H28N6O2/c1-18-17-19(2)34(31-18)16-13-29-25(35)12-15-32-24-10-6-4-7-20(24)21-11-14-33-27(26(21)32)30-23-9-5-3-8-22(23)28(33)36/h3-10,17H,11-16H2,1-2H3,(H,29,35). The first-order chi connectivity index (χ1) is 17.5. The highest BCUT2D eigenvalue weighted by Crippen LogP contribution is 2.36. The normalized spacial score (nSPS) is 12.6. The summed E-state index contributed by atoms with van der Waals surface area (Å²) in [5, 5.41) is 9.27. The van der Waals surface area contributed by atoms with Crippen LogP contribution in [0, 0.1) is 13.8 Å². The lowest BCUT2D eigenvalue weighted by atomic mass is 10.0. The molecule has 5 aromatic rings. The van der Waals surface area contributed by atoms with Crippen molar-refractivity contribution in [3.8, 4) is 11.5 Å². The molecule has 0 spiro atoms. The molecule has 182 valence electrons. The summed E-state index contributed by atoms with van der Waals surface area (Å²) in [5.41, 5.74) is 5.94. The SMILES string of the molecule is Cc1cc(C)n(CCNC(=O)CCn2c3c(c4ccccc42)CCn2c-3nc3ccccc3c2=O)n1. The summed E-state index contributed by atoms with van der Waals surface area (Å²) in [5.74, 6) is 0.670. The predicted octanol–water partition coefficient (Wildman–Crippen LogP) is 3.59. The third-order valence-corrected chi connectivity index (χ3v) is 7.05. The molecule has 0 aliphatic carbocycles. The van der Waals surface area contributed by atoms with Crippen LogP contribution in [0.15, 0.2) is 59.4 Å². The molecule has 2 aromatic carbocycles. The number of hydrogen-bond acceptors (Lipinski definition) is 4. The second-order valence-electron chi connectivity index (χ2n) is 9.41. The van der Waals surface area contributed by atoms with Crippen LogP contribution in [0.5, 0.6) is 0 Å². The zero-order valence-corrected chi connectivity index (χ0v) is 20.5. The predicted molar refractivity (Wildman–Crippen MR) is 140 cm³/mol. The van der Waals surface area contributed by atoms with Gasteiger partial charge in [-0.1, -0.05) is 30.3 Å². The quantitative estimate of drug-likeness (QED) is 0.402. The zero-order valence-electron chi connectivity index (χ0n) is 20.5. The van der Waals surface area contributed by atoms with Gasteiger partial charge in [0.15, 0.2) is 5.82 Å².